The standard InChI is InChI=1S/C11H12O2/c1-8(9(2)12)7-10-3-5-11(13)6-4-10/h3-7,13H,1-2H3/b8-7-. The maximum absolute atomic E-state index is 10.9. The predicted molar refractivity (Wildman–Crippen MR) is 52.4 cm³/mol. The first-order valence-corrected chi connectivity index (χ1v) is 4.08. The molecule has 0 aliphatic heterocycles. The Kier molecular flexibility index (Phi) is 2.85. The first kappa shape index (κ1) is 9.52. The first-order valence-electron chi connectivity index (χ1n) is 4.08. The van der Waals surface area contributed by atoms with E-state index in [9.17, 15) is 4.79 Å². The van der Waals surface area contributed by atoms with Crippen molar-refractivity contribution < 1.29 is 9.90 Å². The van der Waals surface area contributed by atoms with E-state index in [4.69, 9.17) is 5.11 Å². The van der Waals surface area contributed by atoms with E-state index in [1.807, 2.05) is 0 Å². The summed E-state index contributed by atoms with van der Waals surface area (Å²) < 4.78 is 0. The normalized spacial score (nSPS) is 11.4. The molecule has 0 radical (unpaired) electrons. The fraction of sp³-hybridized carbons (Fsp3) is 0.182. The van der Waals surface area contributed by atoms with Gasteiger partial charge in [0.15, 0.2) is 5.78 Å². The highest BCUT2D eigenvalue weighted by Crippen LogP contribution is 2.12. The fourth-order valence-corrected chi connectivity index (χ4v) is 0.922. The minimum atomic E-state index is 0.0630. The molecule has 0 saturated carbocycles. The van der Waals surface area contributed by atoms with Crippen LogP contribution in [-0.2, 0) is 4.79 Å². The highest BCUT2D eigenvalue weighted by molar-refractivity contribution is 5.97. The molecule has 0 fully saturated rings. The molecule has 0 atom stereocenters. The third-order valence-electron chi connectivity index (χ3n) is 1.83. The second kappa shape index (κ2) is 3.90. The lowest BCUT2D eigenvalue weighted by molar-refractivity contribution is -0.113. The van der Waals surface area contributed by atoms with Gasteiger partial charge in [-0.05, 0) is 43.2 Å². The van der Waals surface area contributed by atoms with Crippen molar-refractivity contribution >= 4 is 11.9 Å². The van der Waals surface area contributed by atoms with E-state index >= 15 is 0 Å². The summed E-state index contributed by atoms with van der Waals surface area (Å²) in [6.07, 6.45) is 1.79. The smallest absolute Gasteiger partial charge is 0.155 e. The van der Waals surface area contributed by atoms with Crippen LogP contribution in [0, 0.1) is 0 Å². The molecule has 0 bridgehead atoms. The Hall–Kier alpha value is -1.57. The van der Waals surface area contributed by atoms with Gasteiger partial charge in [0, 0.05) is 0 Å². The van der Waals surface area contributed by atoms with E-state index in [0.717, 1.165) is 5.56 Å². The number of carbonyl (C=O) groups excluding carboxylic acids is 1. The van der Waals surface area contributed by atoms with Gasteiger partial charge >= 0.3 is 0 Å². The van der Waals surface area contributed by atoms with Crippen LogP contribution < -0.4 is 0 Å². The van der Waals surface area contributed by atoms with Gasteiger partial charge in [-0.25, -0.2) is 0 Å². The van der Waals surface area contributed by atoms with Crippen molar-refractivity contribution in [1.29, 1.82) is 0 Å². The topological polar surface area (TPSA) is 37.3 Å². The van der Waals surface area contributed by atoms with Crippen LogP contribution in [0.4, 0.5) is 0 Å². The third kappa shape index (κ3) is 2.75. The number of Topliss-reactive ketones (excluding diaryl/α,β-unsaturated/α-hetero) is 1. The zero-order valence-corrected chi connectivity index (χ0v) is 7.74. The van der Waals surface area contributed by atoms with Crippen LogP contribution in [-0.4, -0.2) is 10.9 Å². The first-order chi connectivity index (χ1) is 6.09. The van der Waals surface area contributed by atoms with Gasteiger partial charge in [0.25, 0.3) is 0 Å². The molecule has 0 heterocycles. The molecule has 0 amide bonds. The van der Waals surface area contributed by atoms with Crippen LogP contribution in [0.3, 0.4) is 0 Å². The third-order valence-corrected chi connectivity index (χ3v) is 1.83. The molecule has 2 heteroatoms. The van der Waals surface area contributed by atoms with E-state index in [1.165, 1.54) is 6.92 Å². The molecule has 1 N–H and O–H groups in total. The average molecular weight is 176 g/mol. The monoisotopic (exact) mass is 176 g/mol. The second-order valence-corrected chi connectivity index (χ2v) is 2.98. The number of phenolic OH excluding ortho intramolecular Hbond substituents is 1. The van der Waals surface area contributed by atoms with Crippen molar-refractivity contribution in [2.45, 2.75) is 13.8 Å². The van der Waals surface area contributed by atoms with Gasteiger partial charge in [-0.2, -0.15) is 0 Å². The van der Waals surface area contributed by atoms with Crippen molar-refractivity contribution in [2.75, 3.05) is 0 Å². The number of phenols is 1. The van der Waals surface area contributed by atoms with Gasteiger partial charge in [0.1, 0.15) is 5.75 Å². The number of rotatable bonds is 2. The number of benzene rings is 1. The van der Waals surface area contributed by atoms with E-state index in [2.05, 4.69) is 0 Å². The molecule has 0 aromatic heterocycles. The summed E-state index contributed by atoms with van der Waals surface area (Å²) in [5, 5.41) is 9.01. The van der Waals surface area contributed by atoms with Crippen molar-refractivity contribution in [3.05, 3.63) is 35.4 Å². The summed E-state index contributed by atoms with van der Waals surface area (Å²) in [4.78, 5) is 10.9. The minimum absolute atomic E-state index is 0.0630. The van der Waals surface area contributed by atoms with E-state index in [0.29, 0.717) is 5.57 Å². The number of hydrogen-bond acceptors (Lipinski definition) is 2. The molecule has 2 nitrogen and oxygen atoms in total. The van der Waals surface area contributed by atoms with Crippen molar-refractivity contribution in [1.82, 2.24) is 0 Å². The Labute approximate surface area is 77.5 Å². The van der Waals surface area contributed by atoms with Crippen molar-refractivity contribution in [3.8, 4) is 5.75 Å². The molecule has 1 aromatic rings. The average Bonchev–Trinajstić information content (AvgIpc) is 2.08. The van der Waals surface area contributed by atoms with Crippen molar-refractivity contribution in [2.24, 2.45) is 0 Å². The summed E-state index contributed by atoms with van der Waals surface area (Å²) in [5.74, 6) is 0.297. The van der Waals surface area contributed by atoms with Crippen LogP contribution in [0.15, 0.2) is 29.8 Å². The number of allylic oxidation sites excluding steroid dienone is 1. The fourth-order valence-electron chi connectivity index (χ4n) is 0.922. The number of aromatic hydroxyl groups is 1. The molecule has 0 saturated heterocycles. The SMILES string of the molecule is CC(=O)/C(C)=C\c1ccc(O)cc1. The Morgan fingerprint density at radius 3 is 2.23 bits per heavy atom. The highest BCUT2D eigenvalue weighted by Gasteiger charge is 1.96. The molecule has 0 aliphatic carbocycles. The molecule has 13 heavy (non-hydrogen) atoms. The Morgan fingerprint density at radius 1 is 1.23 bits per heavy atom. The number of ketones is 1. The van der Waals surface area contributed by atoms with Crippen LogP contribution in [0.5, 0.6) is 5.75 Å². The van der Waals surface area contributed by atoms with E-state index in [-0.39, 0.29) is 11.5 Å². The second-order valence-electron chi connectivity index (χ2n) is 2.98. The van der Waals surface area contributed by atoms with Gasteiger partial charge in [0.05, 0.1) is 0 Å². The van der Waals surface area contributed by atoms with E-state index < -0.39 is 0 Å². The van der Waals surface area contributed by atoms with Crippen molar-refractivity contribution in [3.63, 3.8) is 0 Å². The van der Waals surface area contributed by atoms with Crippen LogP contribution in [0.25, 0.3) is 6.08 Å². The van der Waals surface area contributed by atoms with Gasteiger partial charge in [-0.15, -0.1) is 0 Å². The maximum Gasteiger partial charge on any atom is 0.155 e. The largest absolute Gasteiger partial charge is 0.508 e. The summed E-state index contributed by atoms with van der Waals surface area (Å²) >= 11 is 0. The van der Waals surface area contributed by atoms with Crippen LogP contribution in [0.2, 0.25) is 0 Å². The quantitative estimate of drug-likeness (QED) is 0.702. The van der Waals surface area contributed by atoms with Gasteiger partial charge in [-0.1, -0.05) is 12.1 Å². The minimum Gasteiger partial charge on any atom is -0.508 e. The maximum atomic E-state index is 10.9. The zero-order chi connectivity index (χ0) is 9.84. The zero-order valence-electron chi connectivity index (χ0n) is 7.74. The lowest BCUT2D eigenvalue weighted by atomic mass is 10.1. The molecule has 0 unspecified atom stereocenters. The van der Waals surface area contributed by atoms with Gasteiger partial charge < -0.3 is 5.11 Å². The molecule has 0 aliphatic rings. The highest BCUT2D eigenvalue weighted by atomic mass is 16.3. The molecule has 0 spiro atoms. The van der Waals surface area contributed by atoms with Gasteiger partial charge in [-0.3, -0.25) is 4.79 Å². The molecule has 1 aromatic carbocycles. The number of carbonyl (C=O) groups is 1. The van der Waals surface area contributed by atoms with Crippen LogP contribution in [0.1, 0.15) is 19.4 Å². The number of hydrogen-bond donors (Lipinski definition) is 1. The molecule has 68 valence electrons. The lowest BCUT2D eigenvalue weighted by Crippen LogP contribution is -1.90. The van der Waals surface area contributed by atoms with Crippen LogP contribution >= 0.6 is 0 Å². The summed E-state index contributed by atoms with van der Waals surface area (Å²) in [6, 6.07) is 6.72. The molecular weight excluding hydrogens is 164 g/mol. The van der Waals surface area contributed by atoms with Gasteiger partial charge in [0.2, 0.25) is 0 Å². The Morgan fingerprint density at radius 2 is 1.77 bits per heavy atom. The Bertz CT molecular complexity index is 334. The summed E-state index contributed by atoms with van der Waals surface area (Å²) in [6.45, 7) is 3.31. The van der Waals surface area contributed by atoms with E-state index in [1.54, 1.807) is 37.3 Å². The lowest BCUT2D eigenvalue weighted by Gasteiger charge is -1.96. The molecule has 1 rings (SSSR count). The summed E-state index contributed by atoms with van der Waals surface area (Å²) in [5.41, 5.74) is 1.64. The predicted octanol–water partition coefficient (Wildman–Crippen LogP) is 2.38. The summed E-state index contributed by atoms with van der Waals surface area (Å²) in [7, 11) is 0. The Balaban J connectivity index is 2.92. The molecular formula is C11H12O2.